The van der Waals surface area contributed by atoms with Gasteiger partial charge in [0.1, 0.15) is 44.4 Å². The van der Waals surface area contributed by atoms with Gasteiger partial charge < -0.3 is 30.4 Å². The lowest BCUT2D eigenvalue weighted by Crippen LogP contribution is -2.23. The highest BCUT2D eigenvalue weighted by molar-refractivity contribution is 7.91. The molecular formula is C34H47N7O8S2. The average molecular weight is 746 g/mol. The third kappa shape index (κ3) is 9.95. The summed E-state index contributed by atoms with van der Waals surface area (Å²) in [5.74, 6) is 3.34. The second-order valence-electron chi connectivity index (χ2n) is 11.8. The number of nitrogen functional groups attached to an aromatic ring is 2. The first kappa shape index (κ1) is 40.7. The van der Waals surface area contributed by atoms with Crippen LogP contribution in [0.15, 0.2) is 46.5 Å². The zero-order chi connectivity index (χ0) is 38.3. The summed E-state index contributed by atoms with van der Waals surface area (Å²) >= 11 is 0. The molecule has 0 fully saturated rings. The van der Waals surface area contributed by atoms with E-state index in [9.17, 15) is 16.8 Å². The van der Waals surface area contributed by atoms with E-state index in [1.165, 1.54) is 38.7 Å². The van der Waals surface area contributed by atoms with Crippen LogP contribution in [0.2, 0.25) is 0 Å². The van der Waals surface area contributed by atoms with Gasteiger partial charge >= 0.3 is 0 Å². The molecule has 15 nitrogen and oxygen atoms in total. The summed E-state index contributed by atoms with van der Waals surface area (Å²) in [6.07, 6.45) is 2.93. The number of aryl methyl sites for hydroxylation is 2. The molecule has 2 aromatic carbocycles. The van der Waals surface area contributed by atoms with E-state index < -0.39 is 19.9 Å². The van der Waals surface area contributed by atoms with E-state index >= 15 is 0 Å². The number of anilines is 2. The Morgan fingerprint density at radius 1 is 0.667 bits per heavy atom. The van der Waals surface area contributed by atoms with Gasteiger partial charge in [-0.1, -0.05) is 41.5 Å². The summed E-state index contributed by atoms with van der Waals surface area (Å²) < 4.78 is 74.6. The Bertz CT molecular complexity index is 2070. The highest BCUT2D eigenvalue weighted by Crippen LogP contribution is 2.40. The summed E-state index contributed by atoms with van der Waals surface area (Å²) in [5, 5.41) is 0. The molecule has 5 N–H and O–H groups in total. The van der Waals surface area contributed by atoms with Crippen molar-refractivity contribution in [3.8, 4) is 34.5 Å². The summed E-state index contributed by atoms with van der Waals surface area (Å²) in [5.41, 5.74) is 13.3. The van der Waals surface area contributed by atoms with Gasteiger partial charge in [0.25, 0.3) is 0 Å². The van der Waals surface area contributed by atoms with Gasteiger partial charge in [-0.25, -0.2) is 41.5 Å². The number of nitrogens with zero attached hydrogens (tertiary/aromatic N) is 4. The third-order valence-electron chi connectivity index (χ3n) is 7.42. The Labute approximate surface area is 300 Å². The first-order valence-electron chi connectivity index (χ1n) is 16.1. The largest absolute Gasteiger partial charge is 0.495 e. The molecule has 0 radical (unpaired) electrons. The van der Waals surface area contributed by atoms with Gasteiger partial charge in [-0.2, -0.15) is 0 Å². The summed E-state index contributed by atoms with van der Waals surface area (Å²) in [6.45, 7) is 14.9. The number of hydrogen-bond donors (Lipinski definition) is 3. The van der Waals surface area contributed by atoms with Gasteiger partial charge in [-0.05, 0) is 37.8 Å². The van der Waals surface area contributed by atoms with Crippen LogP contribution < -0.4 is 35.1 Å². The highest BCUT2D eigenvalue weighted by Gasteiger charge is 2.25. The number of benzene rings is 2. The molecule has 0 spiro atoms. The van der Waals surface area contributed by atoms with E-state index in [-0.39, 0.29) is 62.8 Å². The third-order valence-corrected chi connectivity index (χ3v) is 10.7. The fourth-order valence-corrected chi connectivity index (χ4v) is 6.99. The van der Waals surface area contributed by atoms with E-state index in [1.807, 2.05) is 27.7 Å². The number of methoxy groups -OCH3 is 2. The van der Waals surface area contributed by atoms with Crippen molar-refractivity contribution in [2.24, 2.45) is 0 Å². The number of nitrogens with two attached hydrogens (primary N) is 2. The number of nitrogens with one attached hydrogen (secondary N) is 1. The fraction of sp³-hybridized carbons (Fsp3) is 0.412. The first-order valence-corrected chi connectivity index (χ1v) is 19.2. The van der Waals surface area contributed by atoms with Crippen LogP contribution in [0, 0.1) is 13.8 Å². The molecule has 51 heavy (non-hydrogen) atoms. The number of hydrogen-bond acceptors (Lipinski definition) is 14. The van der Waals surface area contributed by atoms with Crippen molar-refractivity contribution in [1.82, 2.24) is 24.7 Å². The molecule has 0 aliphatic carbocycles. The Kier molecular flexibility index (Phi) is 13.5. The standard InChI is InChI=1S/C17H24N4O4S.C17H23N3O4S/c1-6-20-26(22,23)16-8-13(12(10(2)3)7-14(16)24-5)25-15-9-19-11(4)21-17(15)18;1-6-25(21,22)16-8-13(12(10(2)3)7-14(16)23-5)24-15-9-19-11(4)20-17(15)18/h7-10,20H,6H2,1-5H3,(H2,18,19,21);7-10H,6H2,1-5H3,(H2,18,19,20). The zero-order valence-corrected chi connectivity index (χ0v) is 32.2. The molecule has 0 saturated carbocycles. The monoisotopic (exact) mass is 745 g/mol. The zero-order valence-electron chi connectivity index (χ0n) is 30.6. The highest BCUT2D eigenvalue weighted by atomic mass is 32.2. The maximum absolute atomic E-state index is 12.5. The number of sulfonamides is 1. The van der Waals surface area contributed by atoms with Crippen molar-refractivity contribution in [2.75, 3.05) is 38.0 Å². The SMILES string of the molecule is CCNS(=O)(=O)c1cc(Oc2cnc(C)nc2N)c(C(C)C)cc1OC.CCS(=O)(=O)c1cc(Oc2cnc(C)nc2N)c(C(C)C)cc1OC. The van der Waals surface area contributed by atoms with Gasteiger partial charge in [0, 0.05) is 29.8 Å². The van der Waals surface area contributed by atoms with Crippen molar-refractivity contribution in [3.63, 3.8) is 0 Å². The van der Waals surface area contributed by atoms with Gasteiger partial charge in [0.05, 0.1) is 32.4 Å². The Hall–Kier alpha value is -4.74. The van der Waals surface area contributed by atoms with Gasteiger partial charge in [-0.15, -0.1) is 0 Å². The summed E-state index contributed by atoms with van der Waals surface area (Å²) in [6, 6.07) is 6.26. The minimum Gasteiger partial charge on any atom is -0.495 e. The van der Waals surface area contributed by atoms with E-state index in [1.54, 1.807) is 39.8 Å². The van der Waals surface area contributed by atoms with Crippen LogP contribution in [-0.2, 0) is 19.9 Å². The van der Waals surface area contributed by atoms with Crippen molar-refractivity contribution < 1.29 is 35.8 Å². The molecule has 0 atom stereocenters. The lowest BCUT2D eigenvalue weighted by Gasteiger charge is -2.18. The Balaban J connectivity index is 0.000000276. The molecular weight excluding hydrogens is 699 g/mol. The number of aromatic nitrogens is 4. The van der Waals surface area contributed by atoms with Crippen molar-refractivity contribution in [2.45, 2.75) is 77.0 Å². The van der Waals surface area contributed by atoms with Crippen LogP contribution in [0.3, 0.4) is 0 Å². The molecule has 4 aromatic rings. The normalized spacial score (nSPS) is 11.6. The minimum atomic E-state index is -3.74. The topological polar surface area (TPSA) is 221 Å². The number of sulfone groups is 1. The Morgan fingerprint density at radius 2 is 1.08 bits per heavy atom. The van der Waals surface area contributed by atoms with Crippen LogP contribution in [0.1, 0.15) is 76.2 Å². The van der Waals surface area contributed by atoms with Crippen LogP contribution in [0.4, 0.5) is 11.6 Å². The van der Waals surface area contributed by atoms with E-state index in [0.29, 0.717) is 28.9 Å². The maximum Gasteiger partial charge on any atom is 0.244 e. The van der Waals surface area contributed by atoms with Crippen LogP contribution >= 0.6 is 0 Å². The molecule has 4 rings (SSSR count). The van der Waals surface area contributed by atoms with Crippen LogP contribution in [0.5, 0.6) is 34.5 Å². The molecule has 0 bridgehead atoms. The van der Waals surface area contributed by atoms with E-state index in [0.717, 1.165) is 11.1 Å². The fourth-order valence-electron chi connectivity index (χ4n) is 4.74. The average Bonchev–Trinajstić information content (AvgIpc) is 3.06. The molecule has 0 aliphatic heterocycles. The second-order valence-corrected chi connectivity index (χ2v) is 15.8. The molecule has 17 heteroatoms. The molecule has 0 saturated heterocycles. The molecule has 0 amide bonds. The van der Waals surface area contributed by atoms with Crippen molar-refractivity contribution >= 4 is 31.5 Å². The van der Waals surface area contributed by atoms with Gasteiger partial charge in [0.15, 0.2) is 33.0 Å². The molecule has 2 heterocycles. The lowest BCUT2D eigenvalue weighted by molar-refractivity contribution is 0.397. The van der Waals surface area contributed by atoms with Crippen LogP contribution in [-0.4, -0.2) is 63.3 Å². The smallest absolute Gasteiger partial charge is 0.244 e. The predicted molar refractivity (Wildman–Crippen MR) is 195 cm³/mol. The summed E-state index contributed by atoms with van der Waals surface area (Å²) in [7, 11) is -4.36. The van der Waals surface area contributed by atoms with Crippen molar-refractivity contribution in [3.05, 3.63) is 59.4 Å². The molecule has 0 unspecified atom stereocenters. The minimum absolute atomic E-state index is 0.00662. The van der Waals surface area contributed by atoms with E-state index in [2.05, 4.69) is 24.7 Å². The quantitative estimate of drug-likeness (QED) is 0.150. The Morgan fingerprint density at radius 3 is 1.43 bits per heavy atom. The lowest BCUT2D eigenvalue weighted by atomic mass is 10.0. The number of rotatable bonds is 13. The van der Waals surface area contributed by atoms with Gasteiger partial charge in [0.2, 0.25) is 10.0 Å². The summed E-state index contributed by atoms with van der Waals surface area (Å²) in [4.78, 5) is 16.4. The first-order chi connectivity index (χ1) is 23.9. The predicted octanol–water partition coefficient (Wildman–Crippen LogP) is 5.67. The molecule has 2 aromatic heterocycles. The maximum atomic E-state index is 12.5. The van der Waals surface area contributed by atoms with E-state index in [4.69, 9.17) is 30.4 Å². The second kappa shape index (κ2) is 17.0. The molecule has 0 aliphatic rings. The van der Waals surface area contributed by atoms with Crippen molar-refractivity contribution in [1.29, 1.82) is 0 Å². The molecule has 278 valence electrons. The van der Waals surface area contributed by atoms with Crippen LogP contribution in [0.25, 0.3) is 0 Å². The van der Waals surface area contributed by atoms with Gasteiger partial charge in [-0.3, -0.25) is 0 Å². The number of ether oxygens (including phenoxy) is 4.